The van der Waals surface area contributed by atoms with Gasteiger partial charge in [0.1, 0.15) is 0 Å². The molecule has 20 heavy (non-hydrogen) atoms. The molecule has 0 radical (unpaired) electrons. The first kappa shape index (κ1) is 15.0. The van der Waals surface area contributed by atoms with E-state index in [-0.39, 0.29) is 11.8 Å². The number of amides is 2. The summed E-state index contributed by atoms with van der Waals surface area (Å²) in [5.41, 5.74) is 3.18. The van der Waals surface area contributed by atoms with E-state index in [0.717, 1.165) is 29.8 Å². The summed E-state index contributed by atoms with van der Waals surface area (Å²) in [4.78, 5) is 27.2. The predicted octanol–water partition coefficient (Wildman–Crippen LogP) is 1.81. The highest BCUT2D eigenvalue weighted by Crippen LogP contribution is 2.25. The second-order valence-electron chi connectivity index (χ2n) is 5.41. The number of thiophene rings is 1. The van der Waals surface area contributed by atoms with Gasteiger partial charge < -0.3 is 4.90 Å². The lowest BCUT2D eigenvalue weighted by molar-refractivity contribution is -0.131. The van der Waals surface area contributed by atoms with E-state index >= 15 is 0 Å². The van der Waals surface area contributed by atoms with Gasteiger partial charge in [-0.2, -0.15) is 0 Å². The van der Waals surface area contributed by atoms with E-state index in [1.807, 2.05) is 17.9 Å². The van der Waals surface area contributed by atoms with Gasteiger partial charge in [0.25, 0.3) is 5.91 Å². The van der Waals surface area contributed by atoms with Crippen LogP contribution < -0.4 is 11.3 Å². The van der Waals surface area contributed by atoms with Gasteiger partial charge >= 0.3 is 0 Å². The van der Waals surface area contributed by atoms with Gasteiger partial charge in [-0.1, -0.05) is 6.92 Å². The molecule has 1 aliphatic rings. The Labute approximate surface area is 123 Å². The fourth-order valence-electron chi connectivity index (χ4n) is 2.41. The van der Waals surface area contributed by atoms with Crippen molar-refractivity contribution >= 4 is 23.2 Å². The van der Waals surface area contributed by atoms with Crippen LogP contribution in [-0.2, 0) is 11.3 Å². The normalized spacial score (nSPS) is 19.9. The summed E-state index contributed by atoms with van der Waals surface area (Å²) in [7, 11) is 0. The molecular formula is C14H21N3O2S. The lowest BCUT2D eigenvalue weighted by Crippen LogP contribution is -2.30. The number of nitrogens with one attached hydrogen (secondary N) is 1. The van der Waals surface area contributed by atoms with E-state index < -0.39 is 0 Å². The van der Waals surface area contributed by atoms with E-state index in [0.29, 0.717) is 23.8 Å². The molecule has 5 nitrogen and oxygen atoms in total. The summed E-state index contributed by atoms with van der Waals surface area (Å²) in [5.74, 6) is 5.69. The van der Waals surface area contributed by atoms with Gasteiger partial charge in [0, 0.05) is 24.4 Å². The summed E-state index contributed by atoms with van der Waals surface area (Å²) in [6.07, 6.45) is 2.64. The standard InChI is InChI=1S/C14H21N3O2S/c1-9-3-4-13(18)17(6-5-9)8-11-7-12(14(19)16-15)20-10(11)2/h7,9H,3-6,8,15H2,1-2H3,(H,16,19). The third-order valence-electron chi connectivity index (χ3n) is 3.83. The van der Waals surface area contributed by atoms with Crippen molar-refractivity contribution < 1.29 is 9.59 Å². The van der Waals surface area contributed by atoms with E-state index in [1.165, 1.54) is 11.3 Å². The van der Waals surface area contributed by atoms with Crippen molar-refractivity contribution in [3.8, 4) is 0 Å². The quantitative estimate of drug-likeness (QED) is 0.507. The number of hydrogen-bond acceptors (Lipinski definition) is 4. The van der Waals surface area contributed by atoms with Crippen molar-refractivity contribution in [3.05, 3.63) is 21.4 Å². The Kier molecular flexibility index (Phi) is 4.77. The molecule has 1 aromatic rings. The molecule has 0 aliphatic carbocycles. The number of likely N-dealkylation sites (tertiary alicyclic amines) is 1. The maximum atomic E-state index is 12.1. The Morgan fingerprint density at radius 1 is 1.55 bits per heavy atom. The first-order chi connectivity index (χ1) is 9.51. The van der Waals surface area contributed by atoms with E-state index in [2.05, 4.69) is 12.3 Å². The zero-order valence-corrected chi connectivity index (χ0v) is 12.8. The molecule has 0 spiro atoms. The van der Waals surface area contributed by atoms with Gasteiger partial charge in [-0.05, 0) is 37.3 Å². The number of carbonyl (C=O) groups is 2. The van der Waals surface area contributed by atoms with E-state index in [4.69, 9.17) is 5.84 Å². The van der Waals surface area contributed by atoms with Crippen LogP contribution in [0.1, 0.15) is 46.3 Å². The molecule has 6 heteroatoms. The van der Waals surface area contributed by atoms with Crippen LogP contribution >= 0.6 is 11.3 Å². The summed E-state index contributed by atoms with van der Waals surface area (Å²) in [5, 5.41) is 0. The third kappa shape index (κ3) is 3.37. The average molecular weight is 295 g/mol. The van der Waals surface area contributed by atoms with Crippen molar-refractivity contribution in [2.24, 2.45) is 11.8 Å². The monoisotopic (exact) mass is 295 g/mol. The maximum absolute atomic E-state index is 12.1. The lowest BCUT2D eigenvalue weighted by atomic mass is 10.0. The van der Waals surface area contributed by atoms with E-state index in [9.17, 15) is 9.59 Å². The van der Waals surface area contributed by atoms with Gasteiger partial charge in [-0.25, -0.2) is 5.84 Å². The second-order valence-corrected chi connectivity index (χ2v) is 6.67. The summed E-state index contributed by atoms with van der Waals surface area (Å²) in [6, 6.07) is 1.84. The van der Waals surface area contributed by atoms with Crippen LogP contribution in [0.2, 0.25) is 0 Å². The van der Waals surface area contributed by atoms with E-state index in [1.54, 1.807) is 0 Å². The Morgan fingerprint density at radius 2 is 2.30 bits per heavy atom. The summed E-state index contributed by atoms with van der Waals surface area (Å²) in [6.45, 7) is 5.55. The topological polar surface area (TPSA) is 75.4 Å². The number of rotatable bonds is 3. The number of nitrogens with two attached hydrogens (primary N) is 1. The zero-order valence-electron chi connectivity index (χ0n) is 11.9. The highest BCUT2D eigenvalue weighted by molar-refractivity contribution is 7.14. The molecule has 0 bridgehead atoms. The van der Waals surface area contributed by atoms with Crippen molar-refractivity contribution in [1.82, 2.24) is 10.3 Å². The van der Waals surface area contributed by atoms with Gasteiger partial charge in [-0.3, -0.25) is 15.0 Å². The van der Waals surface area contributed by atoms with Crippen LogP contribution in [0.3, 0.4) is 0 Å². The molecule has 1 atom stereocenters. The number of nitrogen functional groups attached to an aromatic ring is 1. The first-order valence-corrected chi connectivity index (χ1v) is 7.71. The second kappa shape index (κ2) is 6.37. The summed E-state index contributed by atoms with van der Waals surface area (Å²) >= 11 is 1.41. The van der Waals surface area contributed by atoms with Gasteiger partial charge in [0.05, 0.1) is 4.88 Å². The highest BCUT2D eigenvalue weighted by Gasteiger charge is 2.22. The molecular weight excluding hydrogens is 274 g/mol. The molecule has 1 fully saturated rings. The molecule has 0 aromatic carbocycles. The van der Waals surface area contributed by atoms with Gasteiger partial charge in [0.15, 0.2) is 0 Å². The largest absolute Gasteiger partial charge is 0.338 e. The minimum atomic E-state index is -0.278. The summed E-state index contributed by atoms with van der Waals surface area (Å²) < 4.78 is 0. The van der Waals surface area contributed by atoms with Crippen molar-refractivity contribution in [1.29, 1.82) is 0 Å². The molecule has 3 N–H and O–H groups in total. The Morgan fingerprint density at radius 3 is 3.00 bits per heavy atom. The van der Waals surface area contributed by atoms with Gasteiger partial charge in [-0.15, -0.1) is 11.3 Å². The van der Waals surface area contributed by atoms with Crippen LogP contribution in [-0.4, -0.2) is 23.3 Å². The SMILES string of the molecule is Cc1sc(C(=O)NN)cc1CN1CCC(C)CCC1=O. The first-order valence-electron chi connectivity index (χ1n) is 6.89. The molecule has 0 saturated carbocycles. The number of carbonyl (C=O) groups excluding carboxylic acids is 2. The molecule has 1 unspecified atom stereocenters. The van der Waals surface area contributed by atoms with Crippen LogP contribution in [0.5, 0.6) is 0 Å². The fourth-order valence-corrected chi connectivity index (χ4v) is 3.34. The molecule has 110 valence electrons. The molecule has 2 heterocycles. The van der Waals surface area contributed by atoms with Crippen LogP contribution in [0.4, 0.5) is 0 Å². The molecule has 1 saturated heterocycles. The maximum Gasteiger partial charge on any atom is 0.275 e. The number of hydrazine groups is 1. The van der Waals surface area contributed by atoms with Crippen molar-refractivity contribution in [3.63, 3.8) is 0 Å². The molecule has 1 aliphatic heterocycles. The molecule has 2 rings (SSSR count). The van der Waals surface area contributed by atoms with Crippen molar-refractivity contribution in [2.75, 3.05) is 6.54 Å². The van der Waals surface area contributed by atoms with Crippen LogP contribution in [0.25, 0.3) is 0 Å². The Bertz CT molecular complexity index is 513. The van der Waals surface area contributed by atoms with Crippen molar-refractivity contribution in [2.45, 2.75) is 39.7 Å². The van der Waals surface area contributed by atoms with Gasteiger partial charge in [0.2, 0.25) is 5.91 Å². The highest BCUT2D eigenvalue weighted by atomic mass is 32.1. The predicted molar refractivity (Wildman–Crippen MR) is 79.1 cm³/mol. The average Bonchev–Trinajstić information content (AvgIpc) is 2.72. The molecule has 2 amide bonds. The fraction of sp³-hybridized carbons (Fsp3) is 0.571. The number of nitrogens with zero attached hydrogens (tertiary/aromatic N) is 1. The number of hydrogen-bond donors (Lipinski definition) is 2. The third-order valence-corrected chi connectivity index (χ3v) is 4.92. The Hall–Kier alpha value is -1.40. The molecule has 1 aromatic heterocycles. The van der Waals surface area contributed by atoms with Crippen LogP contribution in [0.15, 0.2) is 6.07 Å². The Balaban J connectivity index is 2.10. The lowest BCUT2D eigenvalue weighted by Gasteiger charge is -2.20. The minimum Gasteiger partial charge on any atom is -0.338 e. The van der Waals surface area contributed by atoms with Crippen LogP contribution in [0, 0.1) is 12.8 Å². The zero-order chi connectivity index (χ0) is 14.7. The minimum absolute atomic E-state index is 0.213. The smallest absolute Gasteiger partial charge is 0.275 e. The number of aryl methyl sites for hydroxylation is 1.